The second-order valence-electron chi connectivity index (χ2n) is 4.02. The van der Waals surface area contributed by atoms with Crippen LogP contribution >= 0.6 is 0 Å². The van der Waals surface area contributed by atoms with Crippen LogP contribution in [0.4, 0.5) is 4.39 Å². The Kier molecular flexibility index (Phi) is 3.71. The molecule has 0 saturated carbocycles. The van der Waals surface area contributed by atoms with Crippen molar-refractivity contribution in [2.45, 2.75) is 6.42 Å². The average molecular weight is 258 g/mol. The molecule has 0 amide bonds. The zero-order valence-corrected chi connectivity index (χ0v) is 9.97. The highest BCUT2D eigenvalue weighted by atomic mass is 19.1. The van der Waals surface area contributed by atoms with E-state index in [2.05, 4.69) is 0 Å². The molecule has 4 heteroatoms. The number of carbonyl (C=O) groups excluding carboxylic acids is 1. The van der Waals surface area contributed by atoms with Gasteiger partial charge in [-0.2, -0.15) is 0 Å². The highest BCUT2D eigenvalue weighted by Crippen LogP contribution is 2.28. The van der Waals surface area contributed by atoms with E-state index in [4.69, 9.17) is 0 Å². The number of rotatable bonds is 4. The molecular weight excluding hydrogens is 247 g/mol. The van der Waals surface area contributed by atoms with Crippen molar-refractivity contribution in [2.75, 3.05) is 0 Å². The Bertz CT molecular complexity index is 618. The number of hydrogen-bond donors (Lipinski definition) is 1. The van der Waals surface area contributed by atoms with Crippen molar-refractivity contribution in [2.24, 2.45) is 0 Å². The lowest BCUT2D eigenvalue weighted by Gasteiger charge is -2.11. The fourth-order valence-corrected chi connectivity index (χ4v) is 2.00. The number of aldehydes is 1. The second kappa shape index (κ2) is 5.44. The third-order valence-corrected chi connectivity index (χ3v) is 2.82. The highest BCUT2D eigenvalue weighted by molar-refractivity contribution is 5.97. The molecule has 0 radical (unpaired) electrons. The van der Waals surface area contributed by atoms with Gasteiger partial charge in [0.25, 0.3) is 0 Å². The predicted molar refractivity (Wildman–Crippen MR) is 68.6 cm³/mol. The SMILES string of the molecule is O=CCc1cccc(C(=O)O)c1-c1ccc(F)cc1. The van der Waals surface area contributed by atoms with E-state index >= 15 is 0 Å². The van der Waals surface area contributed by atoms with E-state index in [0.29, 0.717) is 23.0 Å². The van der Waals surface area contributed by atoms with Gasteiger partial charge in [0.05, 0.1) is 5.56 Å². The Morgan fingerprint density at radius 1 is 1.16 bits per heavy atom. The van der Waals surface area contributed by atoms with Gasteiger partial charge in [-0.1, -0.05) is 24.3 Å². The Morgan fingerprint density at radius 2 is 1.84 bits per heavy atom. The number of hydrogen-bond acceptors (Lipinski definition) is 2. The molecular formula is C15H11FO3. The van der Waals surface area contributed by atoms with Crippen molar-refractivity contribution in [3.63, 3.8) is 0 Å². The minimum atomic E-state index is -1.08. The van der Waals surface area contributed by atoms with Gasteiger partial charge >= 0.3 is 5.97 Å². The zero-order chi connectivity index (χ0) is 13.8. The maximum Gasteiger partial charge on any atom is 0.336 e. The molecule has 19 heavy (non-hydrogen) atoms. The van der Waals surface area contributed by atoms with Crippen LogP contribution in [0.25, 0.3) is 11.1 Å². The third kappa shape index (κ3) is 2.68. The van der Waals surface area contributed by atoms with Crippen molar-refractivity contribution < 1.29 is 19.1 Å². The lowest BCUT2D eigenvalue weighted by Crippen LogP contribution is -2.03. The first-order valence-electron chi connectivity index (χ1n) is 5.68. The average Bonchev–Trinajstić information content (AvgIpc) is 2.40. The summed E-state index contributed by atoms with van der Waals surface area (Å²) in [4.78, 5) is 21.9. The minimum Gasteiger partial charge on any atom is -0.478 e. The normalized spacial score (nSPS) is 10.2. The molecule has 0 unspecified atom stereocenters. The van der Waals surface area contributed by atoms with Crippen LogP contribution in [-0.2, 0) is 11.2 Å². The Hall–Kier alpha value is -2.49. The monoisotopic (exact) mass is 258 g/mol. The van der Waals surface area contributed by atoms with E-state index in [0.717, 1.165) is 0 Å². The fraction of sp³-hybridized carbons (Fsp3) is 0.0667. The van der Waals surface area contributed by atoms with Crippen LogP contribution in [-0.4, -0.2) is 17.4 Å². The summed E-state index contributed by atoms with van der Waals surface area (Å²) in [5, 5.41) is 9.21. The van der Waals surface area contributed by atoms with Crippen LogP contribution < -0.4 is 0 Å². The molecule has 0 aliphatic heterocycles. The molecule has 0 saturated heterocycles. The number of aromatic carboxylic acids is 1. The van der Waals surface area contributed by atoms with E-state index in [1.807, 2.05) is 0 Å². The van der Waals surface area contributed by atoms with Gasteiger partial charge in [-0.25, -0.2) is 9.18 Å². The Balaban J connectivity index is 2.66. The molecule has 2 aromatic rings. The summed E-state index contributed by atoms with van der Waals surface area (Å²) >= 11 is 0. The van der Waals surface area contributed by atoms with Crippen molar-refractivity contribution in [1.29, 1.82) is 0 Å². The van der Waals surface area contributed by atoms with Gasteiger partial charge in [0.1, 0.15) is 12.1 Å². The summed E-state index contributed by atoms with van der Waals surface area (Å²) in [5.41, 5.74) is 1.76. The number of carboxylic acid groups (broad SMARTS) is 1. The van der Waals surface area contributed by atoms with Crippen LogP contribution in [0.5, 0.6) is 0 Å². The first-order valence-corrected chi connectivity index (χ1v) is 5.68. The second-order valence-corrected chi connectivity index (χ2v) is 4.02. The van der Waals surface area contributed by atoms with E-state index in [1.54, 1.807) is 12.1 Å². The molecule has 0 aromatic heterocycles. The first-order chi connectivity index (χ1) is 9.13. The molecule has 0 bridgehead atoms. The van der Waals surface area contributed by atoms with Gasteiger partial charge in [-0.15, -0.1) is 0 Å². The van der Waals surface area contributed by atoms with Crippen LogP contribution in [0.3, 0.4) is 0 Å². The molecule has 0 spiro atoms. The lowest BCUT2D eigenvalue weighted by atomic mass is 9.93. The van der Waals surface area contributed by atoms with Crippen LogP contribution in [0, 0.1) is 5.82 Å². The summed E-state index contributed by atoms with van der Waals surface area (Å²) in [7, 11) is 0. The lowest BCUT2D eigenvalue weighted by molar-refractivity contribution is -0.107. The minimum absolute atomic E-state index is 0.103. The van der Waals surface area contributed by atoms with E-state index < -0.39 is 11.8 Å². The molecule has 2 aromatic carbocycles. The highest BCUT2D eigenvalue weighted by Gasteiger charge is 2.15. The van der Waals surface area contributed by atoms with Crippen molar-refractivity contribution in [3.05, 3.63) is 59.4 Å². The summed E-state index contributed by atoms with van der Waals surface area (Å²) < 4.78 is 12.9. The standard InChI is InChI=1S/C15H11FO3/c16-12-6-4-11(5-7-12)14-10(8-9-17)2-1-3-13(14)15(18)19/h1-7,9H,8H2,(H,18,19). The predicted octanol–water partition coefficient (Wildman–Crippen LogP) is 2.93. The molecule has 1 N–H and O–H groups in total. The quantitative estimate of drug-likeness (QED) is 0.858. The summed E-state index contributed by atoms with van der Waals surface area (Å²) in [6, 6.07) is 10.3. The summed E-state index contributed by atoms with van der Waals surface area (Å²) in [5.74, 6) is -1.47. The maximum atomic E-state index is 12.9. The molecule has 96 valence electrons. The zero-order valence-electron chi connectivity index (χ0n) is 9.97. The molecule has 0 aliphatic carbocycles. The van der Waals surface area contributed by atoms with Crippen LogP contribution in [0.2, 0.25) is 0 Å². The van der Waals surface area contributed by atoms with Gasteiger partial charge in [0, 0.05) is 6.42 Å². The Morgan fingerprint density at radius 3 is 2.42 bits per heavy atom. The van der Waals surface area contributed by atoms with Crippen molar-refractivity contribution in [1.82, 2.24) is 0 Å². The Labute approximate surface area is 109 Å². The van der Waals surface area contributed by atoms with E-state index in [9.17, 15) is 19.1 Å². The summed E-state index contributed by atoms with van der Waals surface area (Å²) in [6.07, 6.45) is 0.835. The molecule has 0 aliphatic rings. The fourth-order valence-electron chi connectivity index (χ4n) is 2.00. The number of carboxylic acids is 1. The van der Waals surface area contributed by atoms with Crippen LogP contribution in [0.1, 0.15) is 15.9 Å². The van der Waals surface area contributed by atoms with Gasteiger partial charge in [0.15, 0.2) is 0 Å². The topological polar surface area (TPSA) is 54.4 Å². The van der Waals surface area contributed by atoms with E-state index in [-0.39, 0.29) is 12.0 Å². The maximum absolute atomic E-state index is 12.9. The number of benzene rings is 2. The summed E-state index contributed by atoms with van der Waals surface area (Å²) in [6.45, 7) is 0. The number of carbonyl (C=O) groups is 2. The molecule has 0 heterocycles. The molecule has 0 atom stereocenters. The van der Waals surface area contributed by atoms with E-state index in [1.165, 1.54) is 30.3 Å². The van der Waals surface area contributed by atoms with Crippen molar-refractivity contribution in [3.8, 4) is 11.1 Å². The largest absolute Gasteiger partial charge is 0.478 e. The van der Waals surface area contributed by atoms with Gasteiger partial charge in [0.2, 0.25) is 0 Å². The first kappa shape index (κ1) is 13.0. The smallest absolute Gasteiger partial charge is 0.336 e. The van der Waals surface area contributed by atoms with Crippen LogP contribution in [0.15, 0.2) is 42.5 Å². The molecule has 2 rings (SSSR count). The third-order valence-electron chi connectivity index (χ3n) is 2.82. The van der Waals surface area contributed by atoms with Gasteiger partial charge in [-0.3, -0.25) is 0 Å². The van der Waals surface area contributed by atoms with Gasteiger partial charge < -0.3 is 9.90 Å². The molecule has 0 fully saturated rings. The number of halogens is 1. The molecule has 3 nitrogen and oxygen atoms in total. The van der Waals surface area contributed by atoms with Crippen molar-refractivity contribution >= 4 is 12.3 Å². The van der Waals surface area contributed by atoms with Gasteiger partial charge in [-0.05, 0) is 34.9 Å².